The quantitative estimate of drug-likeness (QED) is 0.197. The van der Waals surface area contributed by atoms with Crippen LogP contribution in [0.3, 0.4) is 0 Å². The van der Waals surface area contributed by atoms with Crippen LogP contribution in [-0.2, 0) is 11.4 Å². The van der Waals surface area contributed by atoms with Crippen molar-refractivity contribution in [3.8, 4) is 5.75 Å². The Morgan fingerprint density at radius 1 is 0.902 bits per heavy atom. The van der Waals surface area contributed by atoms with Gasteiger partial charge in [-0.25, -0.2) is 9.78 Å². The molecule has 4 aromatic carbocycles. The van der Waals surface area contributed by atoms with Gasteiger partial charge in [-0.3, -0.25) is 4.79 Å². The van der Waals surface area contributed by atoms with Crippen molar-refractivity contribution in [2.45, 2.75) is 13.5 Å². The third-order valence-corrected chi connectivity index (χ3v) is 7.31. The van der Waals surface area contributed by atoms with Crippen LogP contribution in [0.15, 0.2) is 84.9 Å². The summed E-state index contributed by atoms with van der Waals surface area (Å²) in [6, 6.07) is 25.8. The Balaban J connectivity index is 0.00000387. The van der Waals surface area contributed by atoms with Crippen molar-refractivity contribution in [2.24, 2.45) is 0 Å². The zero-order chi connectivity index (χ0) is 28.2. The van der Waals surface area contributed by atoms with Crippen molar-refractivity contribution >= 4 is 80.6 Å². The van der Waals surface area contributed by atoms with Crippen molar-refractivity contribution in [3.63, 3.8) is 0 Å². The van der Waals surface area contributed by atoms with E-state index in [0.29, 0.717) is 27.7 Å². The average molecular weight is 610 g/mol. The van der Waals surface area contributed by atoms with Crippen LogP contribution in [-0.4, -0.2) is 30.5 Å². The molecule has 0 radical (unpaired) electrons. The second kappa shape index (κ2) is 13.1. The fraction of sp³-hybridized carbons (Fsp3) is 0.129. The fourth-order valence-electron chi connectivity index (χ4n) is 4.37. The van der Waals surface area contributed by atoms with Crippen molar-refractivity contribution in [3.05, 3.63) is 106 Å². The number of amides is 3. The lowest BCUT2D eigenvalue weighted by atomic mass is 10.1. The van der Waals surface area contributed by atoms with Gasteiger partial charge in [-0.15, -0.1) is 12.4 Å². The van der Waals surface area contributed by atoms with E-state index < -0.39 is 6.03 Å². The number of pyridine rings is 1. The van der Waals surface area contributed by atoms with Crippen LogP contribution < -0.4 is 20.3 Å². The number of fused-ring (bicyclic) bond motifs is 2. The predicted octanol–water partition coefficient (Wildman–Crippen LogP) is 7.79. The first-order valence-electron chi connectivity index (χ1n) is 12.6. The molecule has 210 valence electrons. The molecule has 0 unspecified atom stereocenters. The highest BCUT2D eigenvalue weighted by Gasteiger charge is 2.20. The molecular formula is C31H27Cl3N4O3. The topological polar surface area (TPSA) is 83.6 Å². The number of benzene rings is 4. The zero-order valence-electron chi connectivity index (χ0n) is 22.3. The Hall–Kier alpha value is -4.04. The van der Waals surface area contributed by atoms with E-state index in [2.05, 4.69) is 15.6 Å². The Morgan fingerprint density at radius 2 is 1.63 bits per heavy atom. The number of carbonyl (C=O) groups is 2. The molecule has 0 spiro atoms. The van der Waals surface area contributed by atoms with Crippen LogP contribution >= 0.6 is 35.6 Å². The highest BCUT2D eigenvalue weighted by molar-refractivity contribution is 6.38. The Kier molecular flexibility index (Phi) is 9.55. The van der Waals surface area contributed by atoms with E-state index in [-0.39, 0.29) is 36.5 Å². The van der Waals surface area contributed by atoms with Gasteiger partial charge in [-0.05, 0) is 42.6 Å². The summed E-state index contributed by atoms with van der Waals surface area (Å²) in [4.78, 5) is 31.5. The Labute approximate surface area is 253 Å². The molecule has 2 N–H and O–H groups in total. The molecular weight excluding hydrogens is 583 g/mol. The number of aromatic nitrogens is 1. The highest BCUT2D eigenvalue weighted by Crippen LogP contribution is 2.35. The SMILES string of the molecule is Cc1ccc2cccc(OCc3c(Cl)ccc(N(C)C(=O)CNC(=O)Nc4cccc5ccccc45)c3Cl)c2n1.Cl. The molecule has 0 aliphatic rings. The van der Waals surface area contributed by atoms with E-state index in [1.165, 1.54) is 4.90 Å². The molecule has 10 heteroatoms. The van der Waals surface area contributed by atoms with Gasteiger partial charge in [0.25, 0.3) is 0 Å². The summed E-state index contributed by atoms with van der Waals surface area (Å²) in [6.45, 7) is 1.76. The molecule has 0 saturated carbocycles. The summed E-state index contributed by atoms with van der Waals surface area (Å²) in [5, 5.41) is 8.98. The van der Waals surface area contributed by atoms with Gasteiger partial charge in [-0.1, -0.05) is 77.8 Å². The monoisotopic (exact) mass is 608 g/mol. The lowest BCUT2D eigenvalue weighted by Crippen LogP contribution is -2.40. The fourth-order valence-corrected chi connectivity index (χ4v) is 4.98. The average Bonchev–Trinajstić information content (AvgIpc) is 2.96. The van der Waals surface area contributed by atoms with Gasteiger partial charge < -0.3 is 20.3 Å². The number of nitrogens with one attached hydrogen (secondary N) is 2. The second-order valence-corrected chi connectivity index (χ2v) is 10.0. The number of halogens is 3. The van der Waals surface area contributed by atoms with Crippen LogP contribution in [0.4, 0.5) is 16.2 Å². The van der Waals surface area contributed by atoms with Gasteiger partial charge >= 0.3 is 6.03 Å². The third kappa shape index (κ3) is 6.65. The zero-order valence-corrected chi connectivity index (χ0v) is 24.6. The maximum absolute atomic E-state index is 13.0. The summed E-state index contributed by atoms with van der Waals surface area (Å²) in [5.74, 6) is 0.238. The van der Waals surface area contributed by atoms with Crippen molar-refractivity contribution in [2.75, 3.05) is 23.8 Å². The third-order valence-electron chi connectivity index (χ3n) is 6.53. The summed E-state index contributed by atoms with van der Waals surface area (Å²) >= 11 is 13.2. The van der Waals surface area contributed by atoms with E-state index in [9.17, 15) is 9.59 Å². The molecule has 7 nitrogen and oxygen atoms in total. The second-order valence-electron chi connectivity index (χ2n) is 9.22. The van der Waals surface area contributed by atoms with Gasteiger partial charge in [0.05, 0.1) is 22.9 Å². The summed E-state index contributed by atoms with van der Waals surface area (Å²) in [5.41, 5.74) is 3.25. The Morgan fingerprint density at radius 3 is 2.46 bits per heavy atom. The summed E-state index contributed by atoms with van der Waals surface area (Å²) in [6.07, 6.45) is 0. The first-order valence-corrected chi connectivity index (χ1v) is 13.3. The number of para-hydroxylation sites is 1. The molecule has 5 rings (SSSR count). The molecule has 1 aromatic heterocycles. The van der Waals surface area contributed by atoms with Crippen molar-refractivity contribution in [1.29, 1.82) is 0 Å². The maximum Gasteiger partial charge on any atom is 0.319 e. The van der Waals surface area contributed by atoms with E-state index in [1.807, 2.05) is 79.7 Å². The summed E-state index contributed by atoms with van der Waals surface area (Å²) < 4.78 is 6.08. The number of nitrogens with zero attached hydrogens (tertiary/aromatic N) is 2. The minimum absolute atomic E-state index is 0. The van der Waals surface area contributed by atoms with E-state index in [1.54, 1.807) is 19.2 Å². The van der Waals surface area contributed by atoms with Gasteiger partial charge in [-0.2, -0.15) is 0 Å². The number of hydrogen-bond acceptors (Lipinski definition) is 4. The van der Waals surface area contributed by atoms with Gasteiger partial charge in [0.2, 0.25) is 5.91 Å². The van der Waals surface area contributed by atoms with E-state index >= 15 is 0 Å². The number of urea groups is 1. The first-order chi connectivity index (χ1) is 19.3. The lowest BCUT2D eigenvalue weighted by Gasteiger charge is -2.21. The number of carbonyl (C=O) groups excluding carboxylic acids is 2. The highest BCUT2D eigenvalue weighted by atomic mass is 35.5. The normalized spacial score (nSPS) is 10.6. The predicted molar refractivity (Wildman–Crippen MR) is 169 cm³/mol. The van der Waals surface area contributed by atoms with Crippen LogP contribution in [0, 0.1) is 6.92 Å². The lowest BCUT2D eigenvalue weighted by molar-refractivity contribution is -0.117. The van der Waals surface area contributed by atoms with E-state index in [0.717, 1.165) is 27.4 Å². The molecule has 0 aliphatic carbocycles. The number of aryl methyl sites for hydroxylation is 1. The van der Waals surface area contributed by atoms with Crippen LogP contribution in [0.2, 0.25) is 10.0 Å². The number of anilines is 2. The van der Waals surface area contributed by atoms with Crippen molar-refractivity contribution < 1.29 is 14.3 Å². The molecule has 41 heavy (non-hydrogen) atoms. The number of hydrogen-bond donors (Lipinski definition) is 2. The largest absolute Gasteiger partial charge is 0.487 e. The maximum atomic E-state index is 13.0. The number of ether oxygens (including phenoxy) is 1. The molecule has 0 saturated heterocycles. The molecule has 0 bridgehead atoms. The number of likely N-dealkylation sites (N-methyl/N-ethyl adjacent to an activating group) is 1. The van der Waals surface area contributed by atoms with Gasteiger partial charge in [0.15, 0.2) is 0 Å². The molecule has 0 atom stereocenters. The standard InChI is InChI=1S/C31H26Cl2N4O3.ClH/c1-19-13-14-21-9-6-12-27(30(21)35-19)40-18-23-24(32)15-16-26(29(23)33)37(2)28(38)17-34-31(39)36-25-11-5-8-20-7-3-4-10-22(20)25;/h3-16H,17-18H2,1-2H3,(H2,34,36,39);1H. The Bertz CT molecular complexity index is 1740. The first kappa shape index (κ1) is 29.9. The molecule has 0 fully saturated rings. The van der Waals surface area contributed by atoms with Crippen LogP contribution in [0.5, 0.6) is 5.75 Å². The van der Waals surface area contributed by atoms with Gasteiger partial charge in [0.1, 0.15) is 17.9 Å². The van der Waals surface area contributed by atoms with E-state index in [4.69, 9.17) is 27.9 Å². The molecule has 5 aromatic rings. The molecule has 3 amide bonds. The number of rotatable bonds is 7. The summed E-state index contributed by atoms with van der Waals surface area (Å²) in [7, 11) is 1.59. The minimum Gasteiger partial charge on any atom is -0.487 e. The molecule has 0 aliphatic heterocycles. The van der Waals surface area contributed by atoms with Crippen molar-refractivity contribution in [1.82, 2.24) is 10.3 Å². The van der Waals surface area contributed by atoms with Crippen LogP contribution in [0.25, 0.3) is 21.7 Å². The minimum atomic E-state index is -0.492. The smallest absolute Gasteiger partial charge is 0.319 e. The van der Waals surface area contributed by atoms with Gasteiger partial charge in [0, 0.05) is 34.1 Å². The molecule has 1 heterocycles. The van der Waals surface area contributed by atoms with Crippen LogP contribution in [0.1, 0.15) is 11.3 Å².